The average Bonchev–Trinajstić information content (AvgIpc) is 2.36. The first-order valence-corrected chi connectivity index (χ1v) is 7.20. The van der Waals surface area contributed by atoms with Crippen molar-refractivity contribution < 1.29 is 9.47 Å². The highest BCUT2D eigenvalue weighted by molar-refractivity contribution is 7.98. The zero-order valence-corrected chi connectivity index (χ0v) is 11.4. The van der Waals surface area contributed by atoms with Crippen molar-refractivity contribution in [2.24, 2.45) is 5.73 Å². The molecule has 17 heavy (non-hydrogen) atoms. The van der Waals surface area contributed by atoms with Crippen LogP contribution in [0, 0.1) is 0 Å². The van der Waals surface area contributed by atoms with E-state index in [0.29, 0.717) is 6.54 Å². The van der Waals surface area contributed by atoms with Gasteiger partial charge in [-0.15, -0.1) is 0 Å². The van der Waals surface area contributed by atoms with Crippen molar-refractivity contribution >= 4 is 11.8 Å². The standard InChI is InChI=1S/C13H21NO2S/c1-15-12-6-3-5-11(7-8-14)13(12)16-9-4-10-17-2/h3,5-6H,4,7-10,14H2,1-2H3. The Labute approximate surface area is 108 Å². The third kappa shape index (κ3) is 4.48. The van der Waals surface area contributed by atoms with Crippen LogP contribution in [0.2, 0.25) is 0 Å². The predicted octanol–water partition coefficient (Wildman–Crippen LogP) is 2.33. The molecule has 2 N–H and O–H groups in total. The van der Waals surface area contributed by atoms with Crippen LogP contribution < -0.4 is 15.2 Å². The summed E-state index contributed by atoms with van der Waals surface area (Å²) in [7, 11) is 1.66. The van der Waals surface area contributed by atoms with Crippen LogP contribution >= 0.6 is 11.8 Å². The number of hydrogen-bond donors (Lipinski definition) is 1. The summed E-state index contributed by atoms with van der Waals surface area (Å²) in [4.78, 5) is 0. The second-order valence-corrected chi connectivity index (χ2v) is 4.67. The number of para-hydroxylation sites is 1. The van der Waals surface area contributed by atoms with E-state index in [-0.39, 0.29) is 0 Å². The van der Waals surface area contributed by atoms with Gasteiger partial charge in [0.25, 0.3) is 0 Å². The summed E-state index contributed by atoms with van der Waals surface area (Å²) in [6.45, 7) is 1.34. The van der Waals surface area contributed by atoms with Crippen molar-refractivity contribution in [2.45, 2.75) is 12.8 Å². The molecule has 1 aromatic carbocycles. The Morgan fingerprint density at radius 3 is 2.82 bits per heavy atom. The maximum absolute atomic E-state index is 5.82. The van der Waals surface area contributed by atoms with Gasteiger partial charge in [-0.05, 0) is 43.0 Å². The van der Waals surface area contributed by atoms with Crippen LogP contribution in [-0.2, 0) is 6.42 Å². The van der Waals surface area contributed by atoms with E-state index in [1.165, 1.54) is 0 Å². The van der Waals surface area contributed by atoms with Gasteiger partial charge in [-0.25, -0.2) is 0 Å². The Morgan fingerprint density at radius 1 is 1.35 bits per heavy atom. The quantitative estimate of drug-likeness (QED) is 0.724. The zero-order valence-electron chi connectivity index (χ0n) is 10.6. The van der Waals surface area contributed by atoms with E-state index < -0.39 is 0 Å². The maximum Gasteiger partial charge on any atom is 0.164 e. The zero-order chi connectivity index (χ0) is 12.5. The van der Waals surface area contributed by atoms with Crippen molar-refractivity contribution in [3.8, 4) is 11.5 Å². The van der Waals surface area contributed by atoms with Gasteiger partial charge < -0.3 is 15.2 Å². The Hall–Kier alpha value is -0.870. The first kappa shape index (κ1) is 14.2. The van der Waals surface area contributed by atoms with Crippen LogP contribution in [0.4, 0.5) is 0 Å². The predicted molar refractivity (Wildman–Crippen MR) is 74.2 cm³/mol. The molecule has 0 aliphatic heterocycles. The van der Waals surface area contributed by atoms with Gasteiger partial charge in [0, 0.05) is 0 Å². The van der Waals surface area contributed by atoms with Gasteiger partial charge in [0.2, 0.25) is 0 Å². The fourth-order valence-electron chi connectivity index (χ4n) is 1.62. The van der Waals surface area contributed by atoms with Gasteiger partial charge in [-0.3, -0.25) is 0 Å². The Morgan fingerprint density at radius 2 is 2.18 bits per heavy atom. The van der Waals surface area contributed by atoms with Crippen molar-refractivity contribution in [2.75, 3.05) is 32.3 Å². The van der Waals surface area contributed by atoms with E-state index in [2.05, 4.69) is 6.26 Å². The third-order valence-electron chi connectivity index (χ3n) is 2.43. The Balaban J connectivity index is 2.70. The number of nitrogens with two attached hydrogens (primary N) is 1. The lowest BCUT2D eigenvalue weighted by Gasteiger charge is -2.14. The minimum atomic E-state index is 0.619. The van der Waals surface area contributed by atoms with E-state index >= 15 is 0 Å². The van der Waals surface area contributed by atoms with Crippen LogP contribution in [0.1, 0.15) is 12.0 Å². The number of rotatable bonds is 8. The van der Waals surface area contributed by atoms with Crippen LogP contribution in [0.15, 0.2) is 18.2 Å². The Bertz CT molecular complexity index is 331. The summed E-state index contributed by atoms with van der Waals surface area (Å²) in [6, 6.07) is 5.93. The van der Waals surface area contributed by atoms with Gasteiger partial charge in [-0.2, -0.15) is 11.8 Å². The van der Waals surface area contributed by atoms with Crippen LogP contribution in [0.3, 0.4) is 0 Å². The summed E-state index contributed by atoms with van der Waals surface area (Å²) >= 11 is 1.83. The molecular formula is C13H21NO2S. The molecule has 3 nitrogen and oxygen atoms in total. The molecule has 0 saturated heterocycles. The highest BCUT2D eigenvalue weighted by Gasteiger charge is 2.09. The molecule has 0 aliphatic rings. The summed E-state index contributed by atoms with van der Waals surface area (Å²) in [5.41, 5.74) is 6.72. The largest absolute Gasteiger partial charge is 0.493 e. The number of methoxy groups -OCH3 is 1. The second kappa shape index (κ2) is 8.25. The van der Waals surface area contributed by atoms with E-state index in [1.807, 2.05) is 30.0 Å². The molecule has 0 aliphatic carbocycles. The minimum Gasteiger partial charge on any atom is -0.493 e. The van der Waals surface area contributed by atoms with Crippen LogP contribution in [0.5, 0.6) is 11.5 Å². The molecule has 4 heteroatoms. The van der Waals surface area contributed by atoms with Crippen molar-refractivity contribution in [3.63, 3.8) is 0 Å². The summed E-state index contributed by atoms with van der Waals surface area (Å²) in [6.07, 6.45) is 3.96. The molecule has 0 amide bonds. The summed E-state index contributed by atoms with van der Waals surface area (Å²) in [5, 5.41) is 0. The number of ether oxygens (including phenoxy) is 2. The van der Waals surface area contributed by atoms with Gasteiger partial charge in [0.05, 0.1) is 13.7 Å². The lowest BCUT2D eigenvalue weighted by atomic mass is 10.1. The van der Waals surface area contributed by atoms with Crippen molar-refractivity contribution in [3.05, 3.63) is 23.8 Å². The number of thioether (sulfide) groups is 1. The first-order chi connectivity index (χ1) is 8.33. The smallest absolute Gasteiger partial charge is 0.164 e. The van der Waals surface area contributed by atoms with Gasteiger partial charge in [-0.1, -0.05) is 12.1 Å². The molecule has 0 atom stereocenters. The lowest BCUT2D eigenvalue weighted by molar-refractivity contribution is 0.292. The highest BCUT2D eigenvalue weighted by atomic mass is 32.2. The van der Waals surface area contributed by atoms with Crippen molar-refractivity contribution in [1.29, 1.82) is 0 Å². The summed E-state index contributed by atoms with van der Waals surface area (Å²) < 4.78 is 11.1. The van der Waals surface area contributed by atoms with E-state index in [0.717, 1.165) is 42.3 Å². The fraction of sp³-hybridized carbons (Fsp3) is 0.538. The molecule has 0 radical (unpaired) electrons. The van der Waals surface area contributed by atoms with Gasteiger partial charge in [0.15, 0.2) is 11.5 Å². The molecule has 0 bridgehead atoms. The molecule has 1 rings (SSSR count). The maximum atomic E-state index is 5.82. The second-order valence-electron chi connectivity index (χ2n) is 3.68. The van der Waals surface area contributed by atoms with Gasteiger partial charge in [0.1, 0.15) is 0 Å². The van der Waals surface area contributed by atoms with E-state index in [9.17, 15) is 0 Å². The normalized spacial score (nSPS) is 10.3. The topological polar surface area (TPSA) is 44.5 Å². The monoisotopic (exact) mass is 255 g/mol. The first-order valence-electron chi connectivity index (χ1n) is 5.81. The number of hydrogen-bond acceptors (Lipinski definition) is 4. The SMILES string of the molecule is COc1cccc(CCN)c1OCCCSC. The van der Waals surface area contributed by atoms with E-state index in [4.69, 9.17) is 15.2 Å². The highest BCUT2D eigenvalue weighted by Crippen LogP contribution is 2.31. The fourth-order valence-corrected chi connectivity index (χ4v) is 2.02. The average molecular weight is 255 g/mol. The molecule has 0 unspecified atom stereocenters. The van der Waals surface area contributed by atoms with E-state index in [1.54, 1.807) is 7.11 Å². The third-order valence-corrected chi connectivity index (χ3v) is 3.13. The minimum absolute atomic E-state index is 0.619. The molecular weight excluding hydrogens is 234 g/mol. The molecule has 0 aromatic heterocycles. The van der Waals surface area contributed by atoms with Gasteiger partial charge >= 0.3 is 0 Å². The molecule has 0 spiro atoms. The molecule has 96 valence electrons. The molecule has 1 aromatic rings. The molecule has 0 fully saturated rings. The van der Waals surface area contributed by atoms with Crippen LogP contribution in [0.25, 0.3) is 0 Å². The lowest BCUT2D eigenvalue weighted by Crippen LogP contribution is -2.07. The Kier molecular flexibility index (Phi) is 6.89. The summed E-state index contributed by atoms with van der Waals surface area (Å²) in [5.74, 6) is 2.75. The molecule has 0 heterocycles. The molecule has 0 saturated carbocycles. The van der Waals surface area contributed by atoms with Crippen molar-refractivity contribution in [1.82, 2.24) is 0 Å². The number of benzene rings is 1. The van der Waals surface area contributed by atoms with Crippen LogP contribution in [-0.4, -0.2) is 32.3 Å².